The van der Waals surface area contributed by atoms with Gasteiger partial charge in [0.1, 0.15) is 11.7 Å². The number of hydrogen-bond acceptors (Lipinski definition) is 5. The molecular formula is C30H27F3N6O3. The van der Waals surface area contributed by atoms with Crippen LogP contribution in [0.3, 0.4) is 0 Å². The van der Waals surface area contributed by atoms with Crippen LogP contribution in [0.2, 0.25) is 0 Å². The van der Waals surface area contributed by atoms with Gasteiger partial charge in [-0.15, -0.1) is 0 Å². The molecule has 3 saturated heterocycles. The summed E-state index contributed by atoms with van der Waals surface area (Å²) in [6.07, 6.45) is -4.46. The average molecular weight is 577 g/mol. The van der Waals surface area contributed by atoms with Crippen molar-refractivity contribution in [3.63, 3.8) is 0 Å². The first-order valence-electron chi connectivity index (χ1n) is 13.5. The third-order valence-corrected chi connectivity index (χ3v) is 8.16. The van der Waals surface area contributed by atoms with Crippen molar-refractivity contribution in [1.29, 1.82) is 5.26 Å². The van der Waals surface area contributed by atoms with Crippen LogP contribution < -0.4 is 4.90 Å². The number of hydrogen-bond donors (Lipinski definition) is 0. The molecule has 4 amide bonds. The molecule has 0 saturated carbocycles. The van der Waals surface area contributed by atoms with Gasteiger partial charge >= 0.3 is 12.2 Å². The smallest absolute Gasteiger partial charge is 0.330 e. The van der Waals surface area contributed by atoms with Crippen LogP contribution in [0, 0.1) is 11.3 Å². The number of likely N-dealkylation sites (tertiary alicyclic amines) is 1. The Morgan fingerprint density at radius 3 is 2.43 bits per heavy atom. The van der Waals surface area contributed by atoms with Crippen molar-refractivity contribution in [2.24, 2.45) is 0 Å². The van der Waals surface area contributed by atoms with E-state index in [4.69, 9.17) is 10.4 Å². The molecule has 2 unspecified atom stereocenters. The van der Waals surface area contributed by atoms with Gasteiger partial charge in [0.15, 0.2) is 0 Å². The van der Waals surface area contributed by atoms with Gasteiger partial charge in [-0.05, 0) is 36.2 Å². The van der Waals surface area contributed by atoms with Gasteiger partial charge in [0.2, 0.25) is 0 Å². The summed E-state index contributed by atoms with van der Waals surface area (Å²) in [6, 6.07) is 12.8. The van der Waals surface area contributed by atoms with Crippen LogP contribution in [0.4, 0.5) is 23.7 Å². The first-order valence-corrected chi connectivity index (χ1v) is 13.5. The summed E-state index contributed by atoms with van der Waals surface area (Å²) >= 11 is 0. The maximum atomic E-state index is 14.0. The molecule has 216 valence electrons. The molecule has 12 heteroatoms. The predicted octanol–water partition coefficient (Wildman–Crippen LogP) is 4.55. The van der Waals surface area contributed by atoms with Crippen LogP contribution in [-0.4, -0.2) is 62.1 Å². The molecular weight excluding hydrogens is 549 g/mol. The predicted molar refractivity (Wildman–Crippen MR) is 144 cm³/mol. The van der Waals surface area contributed by atoms with Crippen LogP contribution in [0.25, 0.3) is 0 Å². The molecule has 42 heavy (non-hydrogen) atoms. The Balaban J connectivity index is 1.31. The van der Waals surface area contributed by atoms with E-state index in [0.717, 1.165) is 28.3 Å². The number of fused-ring (bicyclic) bond motifs is 5. The van der Waals surface area contributed by atoms with Crippen molar-refractivity contribution >= 4 is 23.5 Å². The fourth-order valence-corrected chi connectivity index (χ4v) is 6.11. The van der Waals surface area contributed by atoms with E-state index in [1.807, 2.05) is 51.1 Å². The Morgan fingerprint density at radius 1 is 1.07 bits per heavy atom. The van der Waals surface area contributed by atoms with Crippen molar-refractivity contribution in [1.82, 2.24) is 19.6 Å². The minimum absolute atomic E-state index is 0.190. The highest BCUT2D eigenvalue weighted by Crippen LogP contribution is 2.44. The van der Waals surface area contributed by atoms with E-state index in [2.05, 4.69) is 0 Å². The van der Waals surface area contributed by atoms with E-state index < -0.39 is 47.4 Å². The third kappa shape index (κ3) is 4.31. The van der Waals surface area contributed by atoms with E-state index in [9.17, 15) is 27.6 Å². The minimum atomic E-state index is -4.85. The number of carbonyl (C=O) groups is 3. The van der Waals surface area contributed by atoms with E-state index in [0.29, 0.717) is 24.7 Å². The Labute approximate surface area is 239 Å². The van der Waals surface area contributed by atoms with Gasteiger partial charge in [-0.3, -0.25) is 14.3 Å². The summed E-state index contributed by atoms with van der Waals surface area (Å²) in [5.41, 5.74) is -0.384. The minimum Gasteiger partial charge on any atom is -0.330 e. The van der Waals surface area contributed by atoms with Crippen molar-refractivity contribution in [2.75, 3.05) is 11.4 Å². The number of benzene rings is 2. The normalized spacial score (nSPS) is 21.7. The highest BCUT2D eigenvalue weighted by atomic mass is 19.4. The SMILES string of the molecule is CC(C)(C)c1cc(C(=O)N2CC3CC2[C@@H]2C(=O)N(c4ccc(C#N)c(C(F)(F)F)c4)C(=O)N32)n(Cc2ccccc2)n1. The van der Waals surface area contributed by atoms with Crippen molar-refractivity contribution in [2.45, 2.75) is 63.5 Å². The average Bonchev–Trinajstić information content (AvgIpc) is 3.70. The second-order valence-corrected chi connectivity index (χ2v) is 11.9. The number of carbonyl (C=O) groups excluding carboxylic acids is 3. The number of aromatic nitrogens is 2. The number of nitriles is 1. The quantitative estimate of drug-likeness (QED) is 0.424. The molecule has 0 spiro atoms. The standard InChI is InChI=1S/C30H27F3N6O3/c1-29(2,3)24-13-23(37(35-24)15-17-7-5-4-6-8-17)26(40)36-16-20-12-22(36)25-27(41)39(28(42)38(20)25)19-10-9-18(14-34)21(11-19)30(31,32)33/h4-11,13,20,22,25H,12,15-16H2,1-3H3/t20?,22?,25-/m1/s1. The fourth-order valence-electron chi connectivity index (χ4n) is 6.11. The number of rotatable bonds is 4. The molecule has 0 N–H and O–H groups in total. The molecule has 0 radical (unpaired) electrons. The number of anilines is 1. The summed E-state index contributed by atoms with van der Waals surface area (Å²) in [4.78, 5) is 44.7. The third-order valence-electron chi connectivity index (χ3n) is 8.16. The van der Waals surface area contributed by atoms with E-state index >= 15 is 0 Å². The molecule has 3 atom stereocenters. The van der Waals surface area contributed by atoms with E-state index in [1.165, 1.54) is 11.0 Å². The molecule has 4 heterocycles. The molecule has 2 aromatic carbocycles. The molecule has 3 aliphatic rings. The summed E-state index contributed by atoms with van der Waals surface area (Å²) in [6.45, 7) is 6.54. The van der Waals surface area contributed by atoms with Gasteiger partial charge in [0, 0.05) is 12.0 Å². The Morgan fingerprint density at radius 2 is 1.79 bits per heavy atom. The van der Waals surface area contributed by atoms with Gasteiger partial charge < -0.3 is 9.80 Å². The highest BCUT2D eigenvalue weighted by Gasteiger charge is 2.63. The maximum absolute atomic E-state index is 14.0. The van der Waals surface area contributed by atoms with Crippen LogP contribution in [0.1, 0.15) is 60.1 Å². The Kier molecular flexibility index (Phi) is 6.18. The molecule has 0 aliphatic carbocycles. The highest BCUT2D eigenvalue weighted by molar-refractivity contribution is 6.22. The van der Waals surface area contributed by atoms with Gasteiger partial charge in [0.05, 0.1) is 47.2 Å². The van der Waals surface area contributed by atoms with Gasteiger partial charge in [-0.2, -0.15) is 23.5 Å². The van der Waals surface area contributed by atoms with Crippen LogP contribution in [0.5, 0.6) is 0 Å². The van der Waals surface area contributed by atoms with Gasteiger partial charge in [-0.1, -0.05) is 51.1 Å². The zero-order valence-corrected chi connectivity index (χ0v) is 23.1. The Hall–Kier alpha value is -4.66. The molecule has 2 bridgehead atoms. The lowest BCUT2D eigenvalue weighted by atomic mass is 9.92. The topological polar surface area (TPSA) is 103 Å². The largest absolute Gasteiger partial charge is 0.417 e. The molecule has 1 aromatic heterocycles. The first-order chi connectivity index (χ1) is 19.8. The Bertz CT molecular complexity index is 1650. The lowest BCUT2D eigenvalue weighted by Gasteiger charge is -2.34. The number of urea groups is 1. The number of nitrogens with zero attached hydrogens (tertiary/aromatic N) is 6. The number of alkyl halides is 3. The number of piperazine rings is 1. The number of halogens is 3. The molecule has 9 nitrogen and oxygen atoms in total. The van der Waals surface area contributed by atoms with Crippen LogP contribution in [-0.2, 0) is 22.9 Å². The molecule has 3 fully saturated rings. The number of imide groups is 1. The fraction of sp³-hybridized carbons (Fsp3) is 0.367. The van der Waals surface area contributed by atoms with Gasteiger partial charge in [-0.25, -0.2) is 9.69 Å². The summed E-state index contributed by atoms with van der Waals surface area (Å²) in [5, 5.41) is 13.9. The van der Waals surface area contributed by atoms with Crippen LogP contribution in [0.15, 0.2) is 54.6 Å². The van der Waals surface area contributed by atoms with Crippen molar-refractivity contribution < 1.29 is 27.6 Å². The summed E-state index contributed by atoms with van der Waals surface area (Å²) in [5.74, 6) is -1.02. The van der Waals surface area contributed by atoms with E-state index in [1.54, 1.807) is 15.6 Å². The monoisotopic (exact) mass is 576 g/mol. The number of amides is 4. The summed E-state index contributed by atoms with van der Waals surface area (Å²) < 4.78 is 42.5. The lowest BCUT2D eigenvalue weighted by Crippen LogP contribution is -2.55. The zero-order chi connectivity index (χ0) is 30.1. The molecule has 3 aromatic rings. The second kappa shape index (κ2) is 9.44. The zero-order valence-electron chi connectivity index (χ0n) is 23.1. The summed E-state index contributed by atoms with van der Waals surface area (Å²) in [7, 11) is 0. The second-order valence-electron chi connectivity index (χ2n) is 11.9. The first kappa shape index (κ1) is 27.5. The van der Waals surface area contributed by atoms with Gasteiger partial charge in [0.25, 0.3) is 11.8 Å². The lowest BCUT2D eigenvalue weighted by molar-refractivity contribution is -0.137. The van der Waals surface area contributed by atoms with Crippen molar-refractivity contribution in [3.05, 3.63) is 82.7 Å². The maximum Gasteiger partial charge on any atom is 0.417 e. The molecule has 6 rings (SSSR count). The van der Waals surface area contributed by atoms with Crippen molar-refractivity contribution in [3.8, 4) is 6.07 Å². The van der Waals surface area contributed by atoms with Crippen LogP contribution >= 0.6 is 0 Å². The molecule has 3 aliphatic heterocycles. The van der Waals surface area contributed by atoms with E-state index in [-0.39, 0.29) is 23.6 Å².